The predicted molar refractivity (Wildman–Crippen MR) is 116 cm³/mol. The van der Waals surface area contributed by atoms with Gasteiger partial charge in [-0.25, -0.2) is 8.42 Å². The zero-order valence-corrected chi connectivity index (χ0v) is 18.5. The summed E-state index contributed by atoms with van der Waals surface area (Å²) in [6.45, 7) is 6.37. The molecule has 1 atom stereocenters. The standard InChI is InChI=1S/C21H23NO3S3/c1-21(2,3)16-10-8-15(9-11-16)20(23)22-14-18(17-6-4-12-26-17)28(24,25)19-7-5-13-27-19/h4-13,18H,14H2,1-3H3,(H,22,23)/t18-/m0/s1. The lowest BCUT2D eigenvalue weighted by atomic mass is 9.87. The normalized spacial score (nSPS) is 13.2. The summed E-state index contributed by atoms with van der Waals surface area (Å²) < 4.78 is 26.4. The molecule has 0 bridgehead atoms. The fourth-order valence-electron chi connectivity index (χ4n) is 2.81. The van der Waals surface area contributed by atoms with E-state index in [9.17, 15) is 13.2 Å². The average molecular weight is 434 g/mol. The summed E-state index contributed by atoms with van der Waals surface area (Å²) in [6, 6.07) is 14.4. The number of thiophene rings is 2. The van der Waals surface area contributed by atoms with E-state index in [0.717, 1.165) is 10.4 Å². The maximum Gasteiger partial charge on any atom is 0.251 e. The molecule has 0 radical (unpaired) electrons. The van der Waals surface area contributed by atoms with Gasteiger partial charge in [0.1, 0.15) is 9.46 Å². The summed E-state index contributed by atoms with van der Waals surface area (Å²) in [5.74, 6) is -0.275. The van der Waals surface area contributed by atoms with Gasteiger partial charge in [-0.1, -0.05) is 45.0 Å². The second kappa shape index (κ2) is 8.19. The van der Waals surface area contributed by atoms with Crippen LogP contribution in [0.5, 0.6) is 0 Å². The Kier molecular flexibility index (Phi) is 6.07. The first kappa shape index (κ1) is 20.8. The maximum absolute atomic E-state index is 13.1. The van der Waals surface area contributed by atoms with Crippen molar-refractivity contribution in [1.82, 2.24) is 5.32 Å². The highest BCUT2D eigenvalue weighted by atomic mass is 32.2. The van der Waals surface area contributed by atoms with Gasteiger partial charge in [0.15, 0.2) is 9.84 Å². The SMILES string of the molecule is CC(C)(C)c1ccc(C(=O)NC[C@@H](c2cccs2)S(=O)(=O)c2cccs2)cc1. The average Bonchev–Trinajstić information content (AvgIpc) is 3.35. The van der Waals surface area contributed by atoms with Gasteiger partial charge < -0.3 is 5.32 Å². The zero-order valence-electron chi connectivity index (χ0n) is 16.0. The van der Waals surface area contributed by atoms with Crippen LogP contribution in [-0.4, -0.2) is 20.9 Å². The van der Waals surface area contributed by atoms with E-state index in [0.29, 0.717) is 9.77 Å². The molecule has 2 aromatic heterocycles. The Labute approximate surface area is 174 Å². The first-order chi connectivity index (χ1) is 13.2. The topological polar surface area (TPSA) is 63.2 Å². The van der Waals surface area contributed by atoms with Gasteiger partial charge in [-0.2, -0.15) is 0 Å². The minimum Gasteiger partial charge on any atom is -0.350 e. The molecule has 28 heavy (non-hydrogen) atoms. The van der Waals surface area contributed by atoms with E-state index in [4.69, 9.17) is 0 Å². The Morgan fingerprint density at radius 2 is 1.64 bits per heavy atom. The number of hydrogen-bond donors (Lipinski definition) is 1. The van der Waals surface area contributed by atoms with Crippen LogP contribution in [0.2, 0.25) is 0 Å². The molecule has 0 saturated heterocycles. The first-order valence-corrected chi connectivity index (χ1v) is 12.2. The maximum atomic E-state index is 13.1. The molecule has 7 heteroatoms. The second-order valence-electron chi connectivity index (χ2n) is 7.52. The molecule has 2 heterocycles. The van der Waals surface area contributed by atoms with E-state index >= 15 is 0 Å². The van der Waals surface area contributed by atoms with E-state index in [1.807, 2.05) is 23.6 Å². The predicted octanol–water partition coefficient (Wildman–Crippen LogP) is 5.05. The quantitative estimate of drug-likeness (QED) is 0.591. The summed E-state index contributed by atoms with van der Waals surface area (Å²) in [5.41, 5.74) is 1.67. The number of sulfone groups is 1. The first-order valence-electron chi connectivity index (χ1n) is 8.89. The lowest BCUT2D eigenvalue weighted by Crippen LogP contribution is -2.31. The molecule has 0 aliphatic rings. The molecular weight excluding hydrogens is 410 g/mol. The third-order valence-electron chi connectivity index (χ3n) is 4.47. The summed E-state index contributed by atoms with van der Waals surface area (Å²) in [5, 5.41) is 5.60. The smallest absolute Gasteiger partial charge is 0.251 e. The number of carbonyl (C=O) groups excluding carboxylic acids is 1. The van der Waals surface area contributed by atoms with Crippen LogP contribution in [0.3, 0.4) is 0 Å². The number of rotatable bonds is 6. The Bertz CT molecular complexity index is 1010. The highest BCUT2D eigenvalue weighted by Gasteiger charge is 2.31. The molecule has 4 nitrogen and oxygen atoms in total. The van der Waals surface area contributed by atoms with Crippen LogP contribution < -0.4 is 5.32 Å². The van der Waals surface area contributed by atoms with Gasteiger partial charge in [0.05, 0.1) is 0 Å². The fourth-order valence-corrected chi connectivity index (χ4v) is 6.80. The monoisotopic (exact) mass is 433 g/mol. The van der Waals surface area contributed by atoms with E-state index in [1.54, 1.807) is 35.7 Å². The van der Waals surface area contributed by atoms with Crippen LogP contribution in [0.25, 0.3) is 0 Å². The van der Waals surface area contributed by atoms with Crippen molar-refractivity contribution in [3.63, 3.8) is 0 Å². The lowest BCUT2D eigenvalue weighted by molar-refractivity contribution is 0.0953. The van der Waals surface area contributed by atoms with Gasteiger partial charge in [-0.3, -0.25) is 4.79 Å². The van der Waals surface area contributed by atoms with Crippen molar-refractivity contribution in [2.24, 2.45) is 0 Å². The fraction of sp³-hybridized carbons (Fsp3) is 0.286. The van der Waals surface area contributed by atoms with Crippen molar-refractivity contribution in [1.29, 1.82) is 0 Å². The van der Waals surface area contributed by atoms with Crippen molar-refractivity contribution in [2.75, 3.05) is 6.54 Å². The summed E-state index contributed by atoms with van der Waals surface area (Å²) in [6.07, 6.45) is 0. The third kappa shape index (κ3) is 4.54. The van der Waals surface area contributed by atoms with Crippen molar-refractivity contribution < 1.29 is 13.2 Å². The molecule has 1 aromatic carbocycles. The Balaban J connectivity index is 1.78. The molecule has 1 amide bonds. The largest absolute Gasteiger partial charge is 0.350 e. The summed E-state index contributed by atoms with van der Waals surface area (Å²) in [7, 11) is -3.57. The number of carbonyl (C=O) groups is 1. The van der Waals surface area contributed by atoms with Gasteiger partial charge >= 0.3 is 0 Å². The Morgan fingerprint density at radius 3 is 2.18 bits per heavy atom. The Morgan fingerprint density at radius 1 is 1.00 bits per heavy atom. The van der Waals surface area contributed by atoms with E-state index in [2.05, 4.69) is 26.1 Å². The van der Waals surface area contributed by atoms with Crippen molar-refractivity contribution in [3.8, 4) is 0 Å². The van der Waals surface area contributed by atoms with Crippen LogP contribution >= 0.6 is 22.7 Å². The van der Waals surface area contributed by atoms with Gasteiger partial charge in [-0.15, -0.1) is 22.7 Å². The van der Waals surface area contributed by atoms with Crippen LogP contribution in [0.4, 0.5) is 0 Å². The van der Waals surface area contributed by atoms with Crippen LogP contribution in [0.15, 0.2) is 63.5 Å². The number of nitrogens with one attached hydrogen (secondary N) is 1. The molecule has 3 rings (SSSR count). The third-order valence-corrected chi connectivity index (χ3v) is 9.12. The van der Waals surface area contributed by atoms with Crippen molar-refractivity contribution in [2.45, 2.75) is 35.6 Å². The van der Waals surface area contributed by atoms with Gasteiger partial charge in [0.25, 0.3) is 5.91 Å². The summed E-state index contributed by atoms with van der Waals surface area (Å²) >= 11 is 2.58. The number of benzene rings is 1. The van der Waals surface area contributed by atoms with Crippen molar-refractivity contribution in [3.05, 3.63) is 75.3 Å². The van der Waals surface area contributed by atoms with E-state index < -0.39 is 15.1 Å². The van der Waals surface area contributed by atoms with E-state index in [-0.39, 0.29) is 17.9 Å². The highest BCUT2D eigenvalue weighted by Crippen LogP contribution is 2.33. The van der Waals surface area contributed by atoms with Gasteiger partial charge in [0, 0.05) is 17.0 Å². The van der Waals surface area contributed by atoms with Crippen LogP contribution in [-0.2, 0) is 15.3 Å². The van der Waals surface area contributed by atoms with Crippen molar-refractivity contribution >= 4 is 38.4 Å². The zero-order chi connectivity index (χ0) is 20.4. The lowest BCUT2D eigenvalue weighted by Gasteiger charge is -2.19. The minimum atomic E-state index is -3.57. The van der Waals surface area contributed by atoms with Crippen LogP contribution in [0, 0.1) is 0 Å². The van der Waals surface area contributed by atoms with E-state index in [1.165, 1.54) is 22.7 Å². The molecule has 1 N–H and O–H groups in total. The van der Waals surface area contributed by atoms with Gasteiger partial charge in [-0.05, 0) is 46.0 Å². The van der Waals surface area contributed by atoms with Gasteiger partial charge in [0.2, 0.25) is 0 Å². The summed E-state index contributed by atoms with van der Waals surface area (Å²) in [4.78, 5) is 13.3. The minimum absolute atomic E-state index is 0.00799. The molecule has 0 unspecified atom stereocenters. The molecule has 0 aliphatic carbocycles. The molecule has 0 saturated carbocycles. The molecule has 0 aliphatic heterocycles. The molecule has 3 aromatic rings. The molecular formula is C21H23NO3S3. The second-order valence-corrected chi connectivity index (χ2v) is 11.8. The molecule has 0 spiro atoms. The Hall–Kier alpha value is -1.96. The number of amides is 1. The van der Waals surface area contributed by atoms with Crippen LogP contribution in [0.1, 0.15) is 46.8 Å². The number of hydrogen-bond acceptors (Lipinski definition) is 5. The highest BCUT2D eigenvalue weighted by molar-refractivity contribution is 7.93. The molecule has 0 fully saturated rings. The molecule has 148 valence electrons.